The van der Waals surface area contributed by atoms with Crippen molar-refractivity contribution in [1.29, 1.82) is 0 Å². The van der Waals surface area contributed by atoms with Gasteiger partial charge in [-0.3, -0.25) is 4.79 Å². The number of hydrogen-bond donors (Lipinski definition) is 0. The topological polar surface area (TPSA) is 26.3 Å². The van der Waals surface area contributed by atoms with Crippen molar-refractivity contribution in [3.8, 4) is 5.75 Å². The molecule has 1 aromatic carbocycles. The van der Waals surface area contributed by atoms with E-state index in [0.717, 1.165) is 6.29 Å². The monoisotopic (exact) mass is 196 g/mol. The van der Waals surface area contributed by atoms with Crippen molar-refractivity contribution in [3.05, 3.63) is 29.8 Å². The summed E-state index contributed by atoms with van der Waals surface area (Å²) in [6, 6.07) is 6.64. The largest absolute Gasteiger partial charge is 0.490 e. The molecule has 0 fully saturated rings. The number of rotatable bonds is 4. The molecule has 0 atom stereocenters. The van der Waals surface area contributed by atoms with Gasteiger partial charge in [-0.15, -0.1) is 0 Å². The molecule has 0 N–H and O–H groups in total. The third-order valence-corrected chi connectivity index (χ3v) is 1.58. The Labute approximate surface area is 82.7 Å². The first-order chi connectivity index (χ1) is 6.51. The summed E-state index contributed by atoms with van der Waals surface area (Å²) in [6.07, 6.45) is 0.730. The molecule has 0 bridgehead atoms. The molecule has 0 amide bonds. The average Bonchev–Trinajstić information content (AvgIpc) is 2.14. The van der Waals surface area contributed by atoms with Gasteiger partial charge in [-0.1, -0.05) is 12.1 Å². The van der Waals surface area contributed by atoms with E-state index < -0.39 is 5.67 Å². The maximum atomic E-state index is 13.1. The van der Waals surface area contributed by atoms with Crippen molar-refractivity contribution in [2.24, 2.45) is 0 Å². The molecule has 14 heavy (non-hydrogen) atoms. The highest BCUT2D eigenvalue weighted by Gasteiger charge is 2.16. The van der Waals surface area contributed by atoms with E-state index in [1.54, 1.807) is 24.3 Å². The van der Waals surface area contributed by atoms with Gasteiger partial charge in [0.25, 0.3) is 0 Å². The van der Waals surface area contributed by atoms with E-state index in [1.807, 2.05) is 0 Å². The van der Waals surface area contributed by atoms with Crippen LogP contribution in [0.1, 0.15) is 24.2 Å². The molecule has 0 aliphatic rings. The van der Waals surface area contributed by atoms with Crippen LogP contribution in [-0.2, 0) is 0 Å². The normalized spacial score (nSPS) is 11.1. The maximum Gasteiger partial charge on any atom is 0.150 e. The Bertz CT molecular complexity index is 315. The first kappa shape index (κ1) is 10.7. The molecule has 0 radical (unpaired) electrons. The predicted octanol–water partition coefficient (Wildman–Crippen LogP) is 2.63. The number of carbonyl (C=O) groups excluding carboxylic acids is 1. The molecule has 76 valence electrons. The van der Waals surface area contributed by atoms with Gasteiger partial charge < -0.3 is 4.74 Å². The number of halogens is 1. The van der Waals surface area contributed by atoms with Crippen molar-refractivity contribution < 1.29 is 13.9 Å². The molecule has 1 rings (SSSR count). The van der Waals surface area contributed by atoms with Crippen molar-refractivity contribution in [2.45, 2.75) is 19.5 Å². The molecule has 3 heteroatoms. The summed E-state index contributed by atoms with van der Waals surface area (Å²) in [5.74, 6) is 0.514. The zero-order valence-electron chi connectivity index (χ0n) is 8.29. The summed E-state index contributed by atoms with van der Waals surface area (Å²) in [6.45, 7) is 2.86. The Morgan fingerprint density at radius 3 is 2.79 bits per heavy atom. The SMILES string of the molecule is CC(C)(F)COc1cccc(C=O)c1. The van der Waals surface area contributed by atoms with Crippen LogP contribution in [0.4, 0.5) is 4.39 Å². The summed E-state index contributed by atoms with van der Waals surface area (Å²) in [7, 11) is 0. The van der Waals surface area contributed by atoms with E-state index in [9.17, 15) is 9.18 Å². The van der Waals surface area contributed by atoms with Crippen molar-refractivity contribution in [1.82, 2.24) is 0 Å². The number of alkyl halides is 1. The lowest BCUT2D eigenvalue weighted by molar-refractivity contribution is 0.112. The Hall–Kier alpha value is -1.38. The predicted molar refractivity (Wildman–Crippen MR) is 52.5 cm³/mol. The van der Waals surface area contributed by atoms with Gasteiger partial charge >= 0.3 is 0 Å². The molecular formula is C11H13FO2. The van der Waals surface area contributed by atoms with Gasteiger partial charge in [-0.2, -0.15) is 0 Å². The first-order valence-corrected chi connectivity index (χ1v) is 4.38. The lowest BCUT2D eigenvalue weighted by Gasteiger charge is -2.15. The van der Waals surface area contributed by atoms with E-state index in [-0.39, 0.29) is 6.61 Å². The van der Waals surface area contributed by atoms with Gasteiger partial charge in [0, 0.05) is 5.56 Å². The Morgan fingerprint density at radius 1 is 1.50 bits per heavy atom. The van der Waals surface area contributed by atoms with Crippen LogP contribution in [0.15, 0.2) is 24.3 Å². The second-order valence-electron chi connectivity index (χ2n) is 3.70. The fourth-order valence-electron chi connectivity index (χ4n) is 0.933. The second kappa shape index (κ2) is 4.22. The molecule has 0 unspecified atom stereocenters. The van der Waals surface area contributed by atoms with Gasteiger partial charge in [0.1, 0.15) is 24.3 Å². The van der Waals surface area contributed by atoms with Crippen LogP contribution >= 0.6 is 0 Å². The maximum absolute atomic E-state index is 13.1. The highest BCUT2D eigenvalue weighted by molar-refractivity contribution is 5.75. The van der Waals surface area contributed by atoms with Crippen LogP contribution in [0.25, 0.3) is 0 Å². The van der Waals surface area contributed by atoms with Crippen LogP contribution in [0.5, 0.6) is 5.75 Å². The minimum Gasteiger partial charge on any atom is -0.490 e. The molecule has 0 saturated carbocycles. The number of carbonyl (C=O) groups is 1. The van der Waals surface area contributed by atoms with E-state index >= 15 is 0 Å². The summed E-state index contributed by atoms with van der Waals surface area (Å²) in [4.78, 5) is 10.4. The van der Waals surface area contributed by atoms with Crippen LogP contribution in [-0.4, -0.2) is 18.6 Å². The molecule has 2 nitrogen and oxygen atoms in total. The molecule has 0 heterocycles. The molecule has 0 aliphatic heterocycles. The van der Waals surface area contributed by atoms with Gasteiger partial charge in [0.2, 0.25) is 0 Å². The Balaban J connectivity index is 2.63. The third-order valence-electron chi connectivity index (χ3n) is 1.58. The molecule has 0 spiro atoms. The van der Waals surface area contributed by atoms with Crippen LogP contribution in [0.3, 0.4) is 0 Å². The minimum absolute atomic E-state index is 0.0185. The Kier molecular flexibility index (Phi) is 3.23. The lowest BCUT2D eigenvalue weighted by Crippen LogP contribution is -2.22. The number of hydrogen-bond acceptors (Lipinski definition) is 2. The molecule has 0 aromatic heterocycles. The summed E-state index contributed by atoms with van der Waals surface area (Å²) < 4.78 is 18.2. The highest BCUT2D eigenvalue weighted by Crippen LogP contribution is 2.15. The third kappa shape index (κ3) is 3.56. The first-order valence-electron chi connectivity index (χ1n) is 4.38. The number of aldehydes is 1. The van der Waals surface area contributed by atoms with Gasteiger partial charge in [0.15, 0.2) is 0 Å². The lowest BCUT2D eigenvalue weighted by atomic mass is 10.2. The summed E-state index contributed by atoms with van der Waals surface area (Å²) in [5, 5.41) is 0. The standard InChI is InChI=1S/C11H13FO2/c1-11(2,12)8-14-10-5-3-4-9(6-10)7-13/h3-7H,8H2,1-2H3. The summed E-state index contributed by atoms with van der Waals surface area (Å²) >= 11 is 0. The van der Waals surface area contributed by atoms with Crippen LogP contribution < -0.4 is 4.74 Å². The van der Waals surface area contributed by atoms with Crippen LogP contribution in [0.2, 0.25) is 0 Å². The summed E-state index contributed by atoms with van der Waals surface area (Å²) in [5.41, 5.74) is -0.837. The zero-order valence-corrected chi connectivity index (χ0v) is 8.29. The Morgan fingerprint density at radius 2 is 2.21 bits per heavy atom. The van der Waals surface area contributed by atoms with Gasteiger partial charge in [0.05, 0.1) is 0 Å². The molecular weight excluding hydrogens is 183 g/mol. The van der Waals surface area contributed by atoms with Gasteiger partial charge in [-0.05, 0) is 26.0 Å². The molecule has 0 saturated heterocycles. The van der Waals surface area contributed by atoms with Crippen LogP contribution in [0, 0.1) is 0 Å². The fraction of sp³-hybridized carbons (Fsp3) is 0.364. The number of ether oxygens (including phenoxy) is 1. The minimum atomic E-state index is -1.36. The smallest absolute Gasteiger partial charge is 0.150 e. The number of benzene rings is 1. The molecule has 0 aliphatic carbocycles. The van der Waals surface area contributed by atoms with E-state index in [0.29, 0.717) is 11.3 Å². The fourth-order valence-corrected chi connectivity index (χ4v) is 0.933. The van der Waals surface area contributed by atoms with Crippen molar-refractivity contribution in [2.75, 3.05) is 6.61 Å². The molecule has 1 aromatic rings. The van der Waals surface area contributed by atoms with Crippen molar-refractivity contribution >= 4 is 6.29 Å². The van der Waals surface area contributed by atoms with Gasteiger partial charge in [-0.25, -0.2) is 4.39 Å². The van der Waals surface area contributed by atoms with E-state index in [1.165, 1.54) is 13.8 Å². The quantitative estimate of drug-likeness (QED) is 0.692. The van der Waals surface area contributed by atoms with E-state index in [4.69, 9.17) is 4.74 Å². The zero-order chi connectivity index (χ0) is 10.6. The second-order valence-corrected chi connectivity index (χ2v) is 3.70. The van der Waals surface area contributed by atoms with Crippen molar-refractivity contribution in [3.63, 3.8) is 0 Å². The highest BCUT2D eigenvalue weighted by atomic mass is 19.1. The van der Waals surface area contributed by atoms with E-state index in [2.05, 4.69) is 0 Å². The average molecular weight is 196 g/mol.